The Morgan fingerprint density at radius 3 is 2.50 bits per heavy atom. The molecule has 2 aromatic rings. The molecule has 18 heavy (non-hydrogen) atoms. The lowest BCUT2D eigenvalue weighted by Crippen LogP contribution is -2.18. The maximum Gasteiger partial charge on any atom is 0.286 e. The Morgan fingerprint density at radius 2 is 1.89 bits per heavy atom. The average molecular weight is 266 g/mol. The molecule has 0 bridgehead atoms. The SMILES string of the molecule is Cc1ccc(C(=O)Nc2ccc(F)cc2)c(Cl)[nH+]1. The van der Waals surface area contributed by atoms with Crippen molar-refractivity contribution in [3.63, 3.8) is 0 Å². The second-order valence-electron chi connectivity index (χ2n) is 3.83. The first-order valence-electron chi connectivity index (χ1n) is 5.31. The van der Waals surface area contributed by atoms with Crippen molar-refractivity contribution < 1.29 is 14.2 Å². The van der Waals surface area contributed by atoms with E-state index in [4.69, 9.17) is 11.6 Å². The van der Waals surface area contributed by atoms with Crippen molar-refractivity contribution in [2.24, 2.45) is 0 Å². The number of benzene rings is 1. The van der Waals surface area contributed by atoms with Gasteiger partial charge in [0.05, 0.1) is 0 Å². The third-order valence-electron chi connectivity index (χ3n) is 2.39. The highest BCUT2D eigenvalue weighted by atomic mass is 35.5. The number of hydrogen-bond acceptors (Lipinski definition) is 1. The Morgan fingerprint density at radius 1 is 1.22 bits per heavy atom. The molecule has 2 rings (SSSR count). The molecule has 3 nitrogen and oxygen atoms in total. The van der Waals surface area contributed by atoms with Gasteiger partial charge in [-0.05, 0) is 41.9 Å². The van der Waals surface area contributed by atoms with Crippen molar-refractivity contribution in [2.75, 3.05) is 5.32 Å². The molecular weight excluding hydrogens is 255 g/mol. The van der Waals surface area contributed by atoms with Crippen molar-refractivity contribution >= 4 is 23.2 Å². The second-order valence-corrected chi connectivity index (χ2v) is 4.21. The Hall–Kier alpha value is -1.94. The van der Waals surface area contributed by atoms with Crippen LogP contribution in [0.5, 0.6) is 0 Å². The van der Waals surface area contributed by atoms with Gasteiger partial charge in [0, 0.05) is 18.7 Å². The number of carbonyl (C=O) groups is 1. The van der Waals surface area contributed by atoms with E-state index in [-0.39, 0.29) is 16.9 Å². The molecular formula is C13H11ClFN2O+. The van der Waals surface area contributed by atoms with Crippen molar-refractivity contribution in [1.29, 1.82) is 0 Å². The topological polar surface area (TPSA) is 43.2 Å². The predicted molar refractivity (Wildman–Crippen MR) is 67.1 cm³/mol. The van der Waals surface area contributed by atoms with Gasteiger partial charge in [-0.1, -0.05) is 0 Å². The lowest BCUT2D eigenvalue weighted by molar-refractivity contribution is -0.385. The Kier molecular flexibility index (Phi) is 3.58. The summed E-state index contributed by atoms with van der Waals surface area (Å²) in [7, 11) is 0. The maximum absolute atomic E-state index is 12.7. The number of H-pyrrole nitrogens is 1. The van der Waals surface area contributed by atoms with E-state index in [1.807, 2.05) is 6.92 Å². The zero-order chi connectivity index (χ0) is 13.1. The molecule has 2 N–H and O–H groups in total. The van der Waals surface area contributed by atoms with E-state index in [0.717, 1.165) is 5.69 Å². The van der Waals surface area contributed by atoms with Crippen LogP contribution >= 0.6 is 11.6 Å². The van der Waals surface area contributed by atoms with Gasteiger partial charge in [0.1, 0.15) is 11.4 Å². The number of anilines is 1. The number of nitrogens with one attached hydrogen (secondary N) is 2. The summed E-state index contributed by atoms with van der Waals surface area (Å²) in [6.07, 6.45) is 0. The van der Waals surface area contributed by atoms with Crippen LogP contribution in [0.1, 0.15) is 16.1 Å². The smallest absolute Gasteiger partial charge is 0.286 e. The van der Waals surface area contributed by atoms with Crippen LogP contribution in [0, 0.1) is 12.7 Å². The summed E-state index contributed by atoms with van der Waals surface area (Å²) < 4.78 is 12.7. The maximum atomic E-state index is 12.7. The number of rotatable bonds is 2. The molecule has 0 spiro atoms. The van der Waals surface area contributed by atoms with Crippen molar-refractivity contribution in [3.05, 3.63) is 58.6 Å². The Balaban J connectivity index is 2.19. The van der Waals surface area contributed by atoms with Crippen LogP contribution in [0.3, 0.4) is 0 Å². The number of hydrogen-bond donors (Lipinski definition) is 1. The number of aromatic nitrogens is 1. The van der Waals surface area contributed by atoms with E-state index in [1.165, 1.54) is 24.3 Å². The van der Waals surface area contributed by atoms with Gasteiger partial charge in [-0.25, -0.2) is 4.39 Å². The minimum Gasteiger partial charge on any atom is -0.322 e. The zero-order valence-corrected chi connectivity index (χ0v) is 10.4. The highest BCUT2D eigenvalue weighted by Gasteiger charge is 2.16. The minimum atomic E-state index is -0.352. The average Bonchev–Trinajstić information content (AvgIpc) is 2.32. The van der Waals surface area contributed by atoms with E-state index in [1.54, 1.807) is 12.1 Å². The van der Waals surface area contributed by atoms with Crippen LogP contribution in [-0.4, -0.2) is 5.91 Å². The normalized spacial score (nSPS) is 10.2. The molecule has 1 heterocycles. The first-order chi connectivity index (χ1) is 8.56. The fourth-order valence-electron chi connectivity index (χ4n) is 1.47. The lowest BCUT2D eigenvalue weighted by Gasteiger charge is -2.04. The van der Waals surface area contributed by atoms with Crippen LogP contribution in [-0.2, 0) is 0 Å². The molecule has 1 aromatic carbocycles. The number of halogens is 2. The first-order valence-corrected chi connectivity index (χ1v) is 5.69. The van der Waals surface area contributed by atoms with Gasteiger partial charge in [0.2, 0.25) is 0 Å². The number of carbonyl (C=O) groups excluding carboxylic acids is 1. The summed E-state index contributed by atoms with van der Waals surface area (Å²) in [6, 6.07) is 8.91. The molecule has 0 aliphatic heterocycles. The molecule has 0 saturated heterocycles. The van der Waals surface area contributed by atoms with Crippen molar-refractivity contribution in [2.45, 2.75) is 6.92 Å². The van der Waals surface area contributed by atoms with Gasteiger partial charge in [-0.3, -0.25) is 4.79 Å². The Labute approximate surface area is 109 Å². The fourth-order valence-corrected chi connectivity index (χ4v) is 1.77. The molecule has 0 aliphatic carbocycles. The molecule has 0 fully saturated rings. The van der Waals surface area contributed by atoms with Crippen LogP contribution in [0.2, 0.25) is 5.15 Å². The summed E-state index contributed by atoms with van der Waals surface area (Å²) in [5.41, 5.74) is 1.71. The quantitative estimate of drug-likeness (QED) is 0.834. The van der Waals surface area contributed by atoms with Gasteiger partial charge in [0.25, 0.3) is 11.1 Å². The monoisotopic (exact) mass is 265 g/mol. The van der Waals surface area contributed by atoms with Crippen LogP contribution in [0.4, 0.5) is 10.1 Å². The minimum absolute atomic E-state index is 0.273. The second kappa shape index (κ2) is 5.14. The molecule has 0 saturated carbocycles. The van der Waals surface area contributed by atoms with E-state index >= 15 is 0 Å². The fraction of sp³-hybridized carbons (Fsp3) is 0.0769. The largest absolute Gasteiger partial charge is 0.322 e. The number of aryl methyl sites for hydroxylation is 1. The zero-order valence-electron chi connectivity index (χ0n) is 9.63. The first kappa shape index (κ1) is 12.5. The summed E-state index contributed by atoms with van der Waals surface area (Å²) >= 11 is 5.94. The van der Waals surface area contributed by atoms with Gasteiger partial charge in [-0.15, -0.1) is 0 Å². The number of aromatic amines is 1. The van der Waals surface area contributed by atoms with E-state index in [9.17, 15) is 9.18 Å². The third-order valence-corrected chi connectivity index (χ3v) is 2.69. The molecule has 0 unspecified atom stereocenters. The van der Waals surface area contributed by atoms with Gasteiger partial charge >= 0.3 is 0 Å². The molecule has 0 aliphatic rings. The molecule has 0 atom stereocenters. The molecule has 1 amide bonds. The lowest BCUT2D eigenvalue weighted by atomic mass is 10.2. The summed E-state index contributed by atoms with van der Waals surface area (Å²) in [5.74, 6) is -0.697. The number of pyridine rings is 1. The van der Waals surface area contributed by atoms with Crippen LogP contribution in [0.25, 0.3) is 0 Å². The standard InChI is InChI=1S/C13H10ClFN2O/c1-8-2-7-11(12(14)16-8)13(18)17-10-5-3-9(15)4-6-10/h2-7H,1H3,(H,17,18)/p+1. The third kappa shape index (κ3) is 2.84. The predicted octanol–water partition coefficient (Wildman–Crippen LogP) is 2.85. The number of amides is 1. The van der Waals surface area contributed by atoms with E-state index < -0.39 is 0 Å². The highest BCUT2D eigenvalue weighted by molar-refractivity contribution is 6.32. The van der Waals surface area contributed by atoms with Crippen molar-refractivity contribution in [1.82, 2.24) is 0 Å². The molecule has 0 radical (unpaired) electrons. The van der Waals surface area contributed by atoms with E-state index in [0.29, 0.717) is 11.3 Å². The molecule has 5 heteroatoms. The van der Waals surface area contributed by atoms with Gasteiger partial charge in [0.15, 0.2) is 5.69 Å². The summed E-state index contributed by atoms with van der Waals surface area (Å²) in [5, 5.41) is 2.91. The Bertz CT molecular complexity index is 584. The van der Waals surface area contributed by atoms with Gasteiger partial charge < -0.3 is 5.32 Å². The van der Waals surface area contributed by atoms with Gasteiger partial charge in [-0.2, -0.15) is 4.98 Å². The van der Waals surface area contributed by atoms with Crippen molar-refractivity contribution in [3.8, 4) is 0 Å². The van der Waals surface area contributed by atoms with Crippen LogP contribution in [0.15, 0.2) is 36.4 Å². The van der Waals surface area contributed by atoms with Crippen LogP contribution < -0.4 is 10.3 Å². The summed E-state index contributed by atoms with van der Waals surface area (Å²) in [4.78, 5) is 14.8. The molecule has 1 aromatic heterocycles. The van der Waals surface area contributed by atoms with E-state index in [2.05, 4.69) is 10.3 Å². The highest BCUT2D eigenvalue weighted by Crippen LogP contribution is 2.14. The summed E-state index contributed by atoms with van der Waals surface area (Å²) in [6.45, 7) is 1.84. The molecule has 92 valence electrons.